The van der Waals surface area contributed by atoms with Crippen LogP contribution < -0.4 is 10.1 Å². The Morgan fingerprint density at radius 2 is 2.22 bits per heavy atom. The van der Waals surface area contributed by atoms with Gasteiger partial charge in [-0.25, -0.2) is 0 Å². The Labute approximate surface area is 149 Å². The van der Waals surface area contributed by atoms with E-state index in [4.69, 9.17) is 9.15 Å². The molecule has 1 fully saturated rings. The molecule has 1 N–H and O–H groups in total. The highest BCUT2D eigenvalue weighted by Gasteiger charge is 2.31. The third-order valence-corrected chi connectivity index (χ3v) is 4.23. The van der Waals surface area contributed by atoms with Gasteiger partial charge in [-0.15, -0.1) is 12.4 Å². The van der Waals surface area contributed by atoms with E-state index in [1.165, 1.54) is 6.26 Å². The van der Waals surface area contributed by atoms with Crippen molar-refractivity contribution in [2.45, 2.75) is 6.04 Å². The first kappa shape index (κ1) is 17.8. The highest BCUT2D eigenvalue weighted by atomic mass is 79.9. The number of methoxy groups -OCH3 is 1. The van der Waals surface area contributed by atoms with Gasteiger partial charge in [0, 0.05) is 31.3 Å². The maximum absolute atomic E-state index is 12.8. The van der Waals surface area contributed by atoms with Gasteiger partial charge in [0.2, 0.25) is 0 Å². The molecular formula is C16H18BrClN2O3. The molecule has 2 heterocycles. The predicted octanol–water partition coefficient (Wildman–Crippen LogP) is 3.26. The molecule has 0 aliphatic carbocycles. The Hall–Kier alpha value is -1.50. The van der Waals surface area contributed by atoms with Crippen molar-refractivity contribution in [3.05, 3.63) is 52.4 Å². The molecule has 0 radical (unpaired) electrons. The van der Waals surface area contributed by atoms with E-state index in [2.05, 4.69) is 21.2 Å². The lowest BCUT2D eigenvalue weighted by molar-refractivity contribution is 0.0631. The number of hydrogen-bond donors (Lipinski definition) is 1. The number of nitrogens with one attached hydrogen (secondary N) is 1. The summed E-state index contributed by atoms with van der Waals surface area (Å²) in [6.07, 6.45) is 1.48. The summed E-state index contributed by atoms with van der Waals surface area (Å²) < 4.78 is 11.2. The summed E-state index contributed by atoms with van der Waals surface area (Å²) in [4.78, 5) is 14.6. The molecule has 1 aromatic heterocycles. The molecule has 23 heavy (non-hydrogen) atoms. The monoisotopic (exact) mass is 400 g/mol. The van der Waals surface area contributed by atoms with Crippen LogP contribution in [0.25, 0.3) is 0 Å². The fourth-order valence-corrected chi connectivity index (χ4v) is 3.10. The van der Waals surface area contributed by atoms with Crippen LogP contribution >= 0.6 is 28.3 Å². The van der Waals surface area contributed by atoms with Crippen LogP contribution in [0, 0.1) is 0 Å². The predicted molar refractivity (Wildman–Crippen MR) is 93.3 cm³/mol. The molecule has 0 saturated carbocycles. The Bertz CT molecular complexity index is 677. The number of piperazine rings is 1. The highest BCUT2D eigenvalue weighted by Crippen LogP contribution is 2.31. The number of para-hydroxylation sites is 1. The van der Waals surface area contributed by atoms with Gasteiger partial charge in [-0.2, -0.15) is 0 Å². The van der Waals surface area contributed by atoms with Gasteiger partial charge in [0.1, 0.15) is 12.0 Å². The van der Waals surface area contributed by atoms with Gasteiger partial charge < -0.3 is 19.4 Å². The second-order valence-corrected chi connectivity index (χ2v) is 5.88. The van der Waals surface area contributed by atoms with Crippen molar-refractivity contribution in [3.63, 3.8) is 0 Å². The molecular weight excluding hydrogens is 384 g/mol. The van der Waals surface area contributed by atoms with Gasteiger partial charge in [-0.3, -0.25) is 4.79 Å². The van der Waals surface area contributed by atoms with Crippen LogP contribution in [0.1, 0.15) is 22.0 Å². The third-order valence-electron chi connectivity index (χ3n) is 3.82. The number of furan rings is 1. The van der Waals surface area contributed by atoms with E-state index in [0.29, 0.717) is 23.3 Å². The minimum Gasteiger partial charge on any atom is -0.496 e. The first-order valence-electron chi connectivity index (χ1n) is 7.09. The summed E-state index contributed by atoms with van der Waals surface area (Å²) in [5.74, 6) is 0.759. The molecule has 5 nitrogen and oxygen atoms in total. The summed E-state index contributed by atoms with van der Waals surface area (Å²) in [6.45, 7) is 2.12. The zero-order chi connectivity index (χ0) is 15.5. The molecule has 1 aliphatic rings. The quantitative estimate of drug-likeness (QED) is 0.858. The lowest BCUT2D eigenvalue weighted by Gasteiger charge is -2.36. The molecule has 1 aromatic carbocycles. The lowest BCUT2D eigenvalue weighted by Crippen LogP contribution is -2.48. The van der Waals surface area contributed by atoms with E-state index in [1.807, 2.05) is 29.2 Å². The van der Waals surface area contributed by atoms with Crippen molar-refractivity contribution in [1.82, 2.24) is 10.2 Å². The van der Waals surface area contributed by atoms with E-state index in [9.17, 15) is 4.79 Å². The van der Waals surface area contributed by atoms with E-state index in [-0.39, 0.29) is 24.4 Å². The zero-order valence-corrected chi connectivity index (χ0v) is 15.0. The Balaban J connectivity index is 0.00000192. The van der Waals surface area contributed by atoms with Gasteiger partial charge in [0.15, 0.2) is 4.67 Å². The van der Waals surface area contributed by atoms with Crippen molar-refractivity contribution < 1.29 is 13.9 Å². The number of hydrogen-bond acceptors (Lipinski definition) is 4. The largest absolute Gasteiger partial charge is 0.496 e. The zero-order valence-electron chi connectivity index (χ0n) is 12.6. The van der Waals surface area contributed by atoms with Crippen LogP contribution in [0.3, 0.4) is 0 Å². The van der Waals surface area contributed by atoms with Crippen molar-refractivity contribution in [2.75, 3.05) is 26.7 Å². The van der Waals surface area contributed by atoms with Crippen molar-refractivity contribution in [2.24, 2.45) is 0 Å². The summed E-state index contributed by atoms with van der Waals surface area (Å²) in [7, 11) is 1.65. The average molecular weight is 402 g/mol. The number of ether oxygens (including phenoxy) is 1. The van der Waals surface area contributed by atoms with Crippen LogP contribution in [-0.2, 0) is 0 Å². The normalized spacial score (nSPS) is 17.5. The summed E-state index contributed by atoms with van der Waals surface area (Å²) in [5.41, 5.74) is 1.56. The first-order chi connectivity index (χ1) is 10.7. The Morgan fingerprint density at radius 3 is 2.91 bits per heavy atom. The molecule has 2 aromatic rings. The second-order valence-electron chi connectivity index (χ2n) is 5.10. The van der Waals surface area contributed by atoms with Crippen molar-refractivity contribution in [1.29, 1.82) is 0 Å². The van der Waals surface area contributed by atoms with Gasteiger partial charge in [0.25, 0.3) is 5.91 Å². The topological polar surface area (TPSA) is 54.7 Å². The van der Waals surface area contributed by atoms with Gasteiger partial charge in [-0.1, -0.05) is 18.2 Å². The van der Waals surface area contributed by atoms with Crippen LogP contribution in [0.4, 0.5) is 0 Å². The molecule has 0 spiro atoms. The number of rotatable bonds is 3. The van der Waals surface area contributed by atoms with Crippen LogP contribution in [0.5, 0.6) is 5.75 Å². The molecule has 3 rings (SSSR count). The van der Waals surface area contributed by atoms with E-state index >= 15 is 0 Å². The van der Waals surface area contributed by atoms with Gasteiger partial charge in [-0.05, 0) is 22.0 Å². The van der Waals surface area contributed by atoms with Crippen molar-refractivity contribution in [3.8, 4) is 5.75 Å². The second kappa shape index (κ2) is 7.86. The number of nitrogens with zero attached hydrogens (tertiary/aromatic N) is 1. The molecule has 1 amide bonds. The van der Waals surface area contributed by atoms with E-state index in [1.54, 1.807) is 13.2 Å². The summed E-state index contributed by atoms with van der Waals surface area (Å²) >= 11 is 3.24. The first-order valence-corrected chi connectivity index (χ1v) is 7.88. The number of carbonyl (C=O) groups excluding carboxylic acids is 1. The van der Waals surface area contributed by atoms with Crippen LogP contribution in [0.15, 0.2) is 45.7 Å². The fourth-order valence-electron chi connectivity index (χ4n) is 2.76. The molecule has 1 unspecified atom stereocenters. The van der Waals surface area contributed by atoms with Gasteiger partial charge >= 0.3 is 0 Å². The molecule has 1 aliphatic heterocycles. The molecule has 0 bridgehead atoms. The average Bonchev–Trinajstić information content (AvgIpc) is 3.00. The minimum absolute atomic E-state index is 0. The van der Waals surface area contributed by atoms with E-state index in [0.717, 1.165) is 17.9 Å². The Kier molecular flexibility index (Phi) is 6.10. The summed E-state index contributed by atoms with van der Waals surface area (Å²) in [5, 5.41) is 3.34. The number of carbonyl (C=O) groups is 1. The third kappa shape index (κ3) is 3.71. The van der Waals surface area contributed by atoms with Crippen molar-refractivity contribution >= 4 is 34.2 Å². The maximum atomic E-state index is 12.8. The molecule has 7 heteroatoms. The standard InChI is InChI=1S/C16H17BrN2O3.ClH/c1-21-14-5-3-2-4-12(14)13-9-18-6-7-19(13)16(20)11-8-15(17)22-10-11;/h2-5,8,10,13,18H,6-7,9H2,1H3;1H. The maximum Gasteiger partial charge on any atom is 0.257 e. The molecule has 1 saturated heterocycles. The SMILES string of the molecule is COc1ccccc1C1CNCCN1C(=O)c1coc(Br)c1.Cl. The number of halogens is 2. The smallest absolute Gasteiger partial charge is 0.257 e. The summed E-state index contributed by atoms with van der Waals surface area (Å²) in [6, 6.07) is 9.44. The highest BCUT2D eigenvalue weighted by molar-refractivity contribution is 9.10. The molecule has 1 atom stereocenters. The Morgan fingerprint density at radius 1 is 1.43 bits per heavy atom. The van der Waals surface area contributed by atoms with Crippen LogP contribution in [0.2, 0.25) is 0 Å². The van der Waals surface area contributed by atoms with Crippen LogP contribution in [-0.4, -0.2) is 37.6 Å². The molecule has 124 valence electrons. The fraction of sp³-hybridized carbons (Fsp3) is 0.312. The minimum atomic E-state index is -0.0638. The van der Waals surface area contributed by atoms with Gasteiger partial charge in [0.05, 0.1) is 18.7 Å². The van der Waals surface area contributed by atoms with E-state index < -0.39 is 0 Å². The number of amides is 1. The number of benzene rings is 1. The lowest BCUT2D eigenvalue weighted by atomic mass is 10.0.